The van der Waals surface area contributed by atoms with Gasteiger partial charge in [0.25, 0.3) is 11.8 Å². The second kappa shape index (κ2) is 9.32. The van der Waals surface area contributed by atoms with E-state index in [0.29, 0.717) is 17.9 Å². The summed E-state index contributed by atoms with van der Waals surface area (Å²) < 4.78 is 26.5. The van der Waals surface area contributed by atoms with Gasteiger partial charge in [-0.3, -0.25) is 15.0 Å². The predicted octanol–water partition coefficient (Wildman–Crippen LogP) is 3.47. The molecule has 2 amide bonds. The van der Waals surface area contributed by atoms with Gasteiger partial charge < -0.3 is 25.0 Å². The minimum atomic E-state index is -0.710. The molecular formula is C24H27FN4O4. The zero-order valence-corrected chi connectivity index (χ0v) is 19.2. The fraction of sp³-hybridized carbons (Fsp3) is 0.292. The number of rotatable bonds is 6. The number of amides is 2. The highest BCUT2D eigenvalue weighted by molar-refractivity contribution is 6.09. The van der Waals surface area contributed by atoms with E-state index in [1.54, 1.807) is 27.2 Å². The molecule has 3 N–H and O–H groups in total. The quantitative estimate of drug-likeness (QED) is 0.458. The van der Waals surface area contributed by atoms with E-state index in [1.807, 2.05) is 13.8 Å². The first kappa shape index (κ1) is 23.8. The Morgan fingerprint density at radius 3 is 2.61 bits per heavy atom. The Kier molecular flexibility index (Phi) is 6.71. The molecule has 0 aliphatic carbocycles. The molecule has 0 spiro atoms. The Morgan fingerprint density at radius 1 is 1.24 bits per heavy atom. The van der Waals surface area contributed by atoms with Crippen molar-refractivity contribution in [1.29, 1.82) is 5.41 Å². The largest absolute Gasteiger partial charge is 0.487 e. The van der Waals surface area contributed by atoms with E-state index < -0.39 is 23.2 Å². The minimum Gasteiger partial charge on any atom is -0.487 e. The van der Waals surface area contributed by atoms with E-state index in [4.69, 9.17) is 14.9 Å². The molecule has 0 fully saturated rings. The average molecular weight is 455 g/mol. The number of fused-ring (bicyclic) bond motifs is 1. The average Bonchev–Trinajstić information content (AvgIpc) is 3.06. The molecule has 1 aliphatic rings. The summed E-state index contributed by atoms with van der Waals surface area (Å²) >= 11 is 0. The summed E-state index contributed by atoms with van der Waals surface area (Å²) in [5.74, 6) is -0.772. The number of nitrogens with one attached hydrogen (secondary N) is 3. The molecular weight excluding hydrogens is 427 g/mol. The maximum absolute atomic E-state index is 14.6. The summed E-state index contributed by atoms with van der Waals surface area (Å²) in [5, 5.41) is 13.1. The van der Waals surface area contributed by atoms with Gasteiger partial charge in [0.2, 0.25) is 0 Å². The fourth-order valence-corrected chi connectivity index (χ4v) is 3.37. The van der Waals surface area contributed by atoms with Crippen molar-refractivity contribution < 1.29 is 23.5 Å². The molecule has 0 atom stereocenters. The zero-order valence-electron chi connectivity index (χ0n) is 19.2. The number of hydrogen-bond donors (Lipinski definition) is 3. The molecule has 33 heavy (non-hydrogen) atoms. The van der Waals surface area contributed by atoms with Crippen LogP contribution in [0.5, 0.6) is 17.2 Å². The zero-order chi connectivity index (χ0) is 24.3. The Bertz CT molecular complexity index is 1140. The summed E-state index contributed by atoms with van der Waals surface area (Å²) in [6, 6.07) is 7.12. The van der Waals surface area contributed by atoms with Crippen LogP contribution in [-0.4, -0.2) is 49.3 Å². The number of carbonyl (C=O) groups is 2. The number of benzene rings is 2. The minimum absolute atomic E-state index is 0.0664. The Hall–Kier alpha value is -3.88. The Balaban J connectivity index is 1.94. The van der Waals surface area contributed by atoms with Crippen LogP contribution in [0.2, 0.25) is 0 Å². The van der Waals surface area contributed by atoms with Gasteiger partial charge >= 0.3 is 0 Å². The maximum atomic E-state index is 14.6. The molecule has 0 aromatic heterocycles. The summed E-state index contributed by atoms with van der Waals surface area (Å²) in [6.45, 7) is 3.83. The lowest BCUT2D eigenvalue weighted by Gasteiger charge is -2.16. The first-order chi connectivity index (χ1) is 15.5. The van der Waals surface area contributed by atoms with Gasteiger partial charge in [0, 0.05) is 44.8 Å². The van der Waals surface area contributed by atoms with Crippen LogP contribution in [0.25, 0.3) is 0 Å². The van der Waals surface area contributed by atoms with Crippen molar-refractivity contribution >= 4 is 17.6 Å². The van der Waals surface area contributed by atoms with Crippen LogP contribution in [-0.2, 0) is 6.42 Å². The van der Waals surface area contributed by atoms with Gasteiger partial charge in [0.1, 0.15) is 34.5 Å². The number of hydrogen-bond acceptors (Lipinski definition) is 6. The molecule has 0 saturated heterocycles. The summed E-state index contributed by atoms with van der Waals surface area (Å²) in [6.07, 6.45) is 3.45. The van der Waals surface area contributed by atoms with Crippen molar-refractivity contribution in [2.75, 3.05) is 21.1 Å². The van der Waals surface area contributed by atoms with Gasteiger partial charge in [0.05, 0.1) is 5.56 Å². The predicted molar refractivity (Wildman–Crippen MR) is 123 cm³/mol. The molecule has 2 aromatic carbocycles. The van der Waals surface area contributed by atoms with Crippen LogP contribution in [0.15, 0.2) is 42.6 Å². The van der Waals surface area contributed by atoms with Crippen LogP contribution >= 0.6 is 0 Å². The lowest BCUT2D eigenvalue weighted by Crippen LogP contribution is -2.28. The molecule has 2 aromatic rings. The van der Waals surface area contributed by atoms with Gasteiger partial charge in [-0.05, 0) is 50.4 Å². The number of nitrogens with zero attached hydrogens (tertiary/aromatic N) is 1. The SMILES string of the molecule is CN/C=C\C(=N)NC(=O)c1cc(Oc2ccc(C(=O)N(C)C)c(F)c2)c2c(c1)OC(C)(C)C2. The van der Waals surface area contributed by atoms with Gasteiger partial charge in [-0.25, -0.2) is 4.39 Å². The first-order valence-corrected chi connectivity index (χ1v) is 10.3. The third-order valence-corrected chi connectivity index (χ3v) is 4.89. The summed E-state index contributed by atoms with van der Waals surface area (Å²) in [4.78, 5) is 26.1. The smallest absolute Gasteiger partial charge is 0.257 e. The van der Waals surface area contributed by atoms with E-state index in [1.165, 1.54) is 35.4 Å². The van der Waals surface area contributed by atoms with Gasteiger partial charge in [0.15, 0.2) is 0 Å². The molecule has 1 aliphatic heterocycles. The first-order valence-electron chi connectivity index (χ1n) is 10.3. The molecule has 3 rings (SSSR count). The molecule has 0 radical (unpaired) electrons. The lowest BCUT2D eigenvalue weighted by molar-refractivity contribution is 0.0822. The number of halogens is 1. The topological polar surface area (TPSA) is 104 Å². The number of amidine groups is 1. The highest BCUT2D eigenvalue weighted by Gasteiger charge is 2.34. The van der Waals surface area contributed by atoms with Crippen molar-refractivity contribution in [3.63, 3.8) is 0 Å². The lowest BCUT2D eigenvalue weighted by atomic mass is 9.99. The standard InChI is InChI=1S/C24H27FN4O4/c1-24(2)13-17-19(32-15-6-7-16(18(25)12-15)23(31)29(4)5)10-14(11-20(17)33-24)22(30)28-21(26)8-9-27-3/h6-12,27H,13H2,1-5H3,(H2,26,28,30)/b9-8-. The fourth-order valence-electron chi connectivity index (χ4n) is 3.37. The molecule has 8 nitrogen and oxygen atoms in total. The monoisotopic (exact) mass is 454 g/mol. The van der Waals surface area contributed by atoms with E-state index in [2.05, 4.69) is 10.6 Å². The summed E-state index contributed by atoms with van der Waals surface area (Å²) in [5.41, 5.74) is 0.396. The van der Waals surface area contributed by atoms with E-state index in [9.17, 15) is 14.0 Å². The van der Waals surface area contributed by atoms with Crippen LogP contribution in [0.1, 0.15) is 40.1 Å². The van der Waals surface area contributed by atoms with Crippen molar-refractivity contribution in [2.45, 2.75) is 25.9 Å². The summed E-state index contributed by atoms with van der Waals surface area (Å²) in [7, 11) is 4.77. The Morgan fingerprint density at radius 2 is 1.97 bits per heavy atom. The van der Waals surface area contributed by atoms with Crippen molar-refractivity contribution in [3.8, 4) is 17.2 Å². The van der Waals surface area contributed by atoms with Gasteiger partial charge in [-0.2, -0.15) is 0 Å². The van der Waals surface area contributed by atoms with E-state index in [0.717, 1.165) is 11.6 Å². The second-order valence-corrected chi connectivity index (χ2v) is 8.42. The number of ether oxygens (including phenoxy) is 2. The van der Waals surface area contributed by atoms with E-state index in [-0.39, 0.29) is 22.7 Å². The highest BCUT2D eigenvalue weighted by atomic mass is 19.1. The van der Waals surface area contributed by atoms with Gasteiger partial charge in [-0.1, -0.05) is 0 Å². The normalized spacial score (nSPS) is 13.8. The Labute approximate surface area is 191 Å². The second-order valence-electron chi connectivity index (χ2n) is 8.42. The van der Waals surface area contributed by atoms with Crippen molar-refractivity contribution in [3.05, 3.63) is 65.1 Å². The molecule has 174 valence electrons. The third kappa shape index (κ3) is 5.49. The highest BCUT2D eigenvalue weighted by Crippen LogP contribution is 2.43. The van der Waals surface area contributed by atoms with Gasteiger partial charge in [-0.15, -0.1) is 0 Å². The van der Waals surface area contributed by atoms with Crippen LogP contribution in [0, 0.1) is 11.2 Å². The molecule has 9 heteroatoms. The molecule has 1 heterocycles. The van der Waals surface area contributed by atoms with Crippen LogP contribution < -0.4 is 20.1 Å². The van der Waals surface area contributed by atoms with E-state index >= 15 is 0 Å². The van der Waals surface area contributed by atoms with Crippen molar-refractivity contribution in [1.82, 2.24) is 15.5 Å². The number of carbonyl (C=O) groups excluding carboxylic acids is 2. The maximum Gasteiger partial charge on any atom is 0.257 e. The van der Waals surface area contributed by atoms with Crippen LogP contribution in [0.3, 0.4) is 0 Å². The molecule has 0 saturated carbocycles. The molecule has 0 unspecified atom stereocenters. The van der Waals surface area contributed by atoms with Crippen molar-refractivity contribution in [2.24, 2.45) is 0 Å². The third-order valence-electron chi connectivity index (χ3n) is 4.89. The van der Waals surface area contributed by atoms with Crippen LogP contribution in [0.4, 0.5) is 4.39 Å². The molecule has 0 bridgehead atoms.